The summed E-state index contributed by atoms with van der Waals surface area (Å²) in [6.07, 6.45) is 1.37. The summed E-state index contributed by atoms with van der Waals surface area (Å²) in [5, 5.41) is 4.09. The van der Waals surface area contributed by atoms with E-state index in [2.05, 4.69) is 17.1 Å². The lowest BCUT2D eigenvalue weighted by atomic mass is 10.2. The van der Waals surface area contributed by atoms with Crippen molar-refractivity contribution < 1.29 is 4.79 Å². The number of nitrogens with two attached hydrogens (primary N) is 1. The average molecular weight is 328 g/mol. The van der Waals surface area contributed by atoms with Gasteiger partial charge in [-0.2, -0.15) is 11.8 Å². The quantitative estimate of drug-likeness (QED) is 0.816. The molecule has 1 heterocycles. The summed E-state index contributed by atoms with van der Waals surface area (Å²) in [5.74, 6) is 1.18. The molecule has 1 unspecified atom stereocenters. The fourth-order valence-electron chi connectivity index (χ4n) is 2.41. The molecule has 3 N–H and O–H groups in total. The second-order valence-corrected chi connectivity index (χ2v) is 7.35. The summed E-state index contributed by atoms with van der Waals surface area (Å²) in [6.45, 7) is 5.47. The van der Waals surface area contributed by atoms with Crippen molar-refractivity contribution in [1.29, 1.82) is 0 Å². The largest absolute Gasteiger partial charge is 0.397 e. The van der Waals surface area contributed by atoms with E-state index >= 15 is 0 Å². The van der Waals surface area contributed by atoms with Crippen LogP contribution in [0.3, 0.4) is 0 Å². The first kappa shape index (κ1) is 16.5. The van der Waals surface area contributed by atoms with Crippen molar-refractivity contribution >= 4 is 40.6 Å². The summed E-state index contributed by atoms with van der Waals surface area (Å²) < 4.78 is 0. The van der Waals surface area contributed by atoms with Gasteiger partial charge in [-0.25, -0.2) is 0 Å². The van der Waals surface area contributed by atoms with Crippen molar-refractivity contribution in [2.75, 3.05) is 36.4 Å². The molecular formula is C15H22ClN3OS. The van der Waals surface area contributed by atoms with Crippen LogP contribution in [0.25, 0.3) is 0 Å². The fraction of sp³-hybridized carbons (Fsp3) is 0.533. The molecule has 0 aliphatic carbocycles. The third kappa shape index (κ3) is 5.41. The molecule has 2 rings (SSSR count). The Balaban J connectivity index is 1.73. The van der Waals surface area contributed by atoms with Gasteiger partial charge in [0.05, 0.1) is 11.4 Å². The van der Waals surface area contributed by atoms with Gasteiger partial charge in [0.2, 0.25) is 5.91 Å². The zero-order chi connectivity index (χ0) is 15.2. The number of halogens is 1. The molecule has 1 aromatic rings. The van der Waals surface area contributed by atoms with Gasteiger partial charge in [-0.15, -0.1) is 0 Å². The highest BCUT2D eigenvalue weighted by Crippen LogP contribution is 2.23. The molecule has 1 aliphatic rings. The van der Waals surface area contributed by atoms with Gasteiger partial charge < -0.3 is 16.0 Å². The molecule has 1 atom stereocenters. The Labute approximate surface area is 135 Å². The third-order valence-electron chi connectivity index (χ3n) is 3.49. The van der Waals surface area contributed by atoms with Crippen LogP contribution < -0.4 is 11.1 Å². The van der Waals surface area contributed by atoms with Crippen LogP contribution in [0, 0.1) is 0 Å². The number of nitrogen functional groups attached to an aromatic ring is 1. The number of amides is 1. The number of benzene rings is 1. The van der Waals surface area contributed by atoms with Crippen molar-refractivity contribution in [3.8, 4) is 0 Å². The van der Waals surface area contributed by atoms with E-state index in [1.54, 1.807) is 18.2 Å². The van der Waals surface area contributed by atoms with Gasteiger partial charge >= 0.3 is 0 Å². The van der Waals surface area contributed by atoms with E-state index in [0.29, 0.717) is 28.1 Å². The molecule has 0 radical (unpaired) electrons. The van der Waals surface area contributed by atoms with E-state index in [0.717, 1.165) is 26.1 Å². The minimum absolute atomic E-state index is 0.0107. The molecule has 1 fully saturated rings. The van der Waals surface area contributed by atoms with Gasteiger partial charge in [-0.3, -0.25) is 4.79 Å². The lowest BCUT2D eigenvalue weighted by molar-refractivity contribution is -0.116. The van der Waals surface area contributed by atoms with E-state index in [9.17, 15) is 4.79 Å². The molecular weight excluding hydrogens is 306 g/mol. The Kier molecular flexibility index (Phi) is 6.21. The zero-order valence-electron chi connectivity index (χ0n) is 12.3. The summed E-state index contributed by atoms with van der Waals surface area (Å²) in [6, 6.07) is 5.09. The third-order valence-corrected chi connectivity index (χ3v) is 4.86. The minimum Gasteiger partial charge on any atom is -0.397 e. The molecule has 0 aromatic heterocycles. The molecule has 4 nitrogen and oxygen atoms in total. The minimum atomic E-state index is -0.0107. The maximum atomic E-state index is 11.9. The number of nitrogens with zero attached hydrogens (tertiary/aromatic N) is 1. The highest BCUT2D eigenvalue weighted by molar-refractivity contribution is 7.99. The topological polar surface area (TPSA) is 58.4 Å². The predicted octanol–water partition coefficient (Wildman–Crippen LogP) is 3.08. The van der Waals surface area contributed by atoms with Crippen molar-refractivity contribution in [1.82, 2.24) is 4.90 Å². The molecule has 1 amide bonds. The van der Waals surface area contributed by atoms with Crippen molar-refractivity contribution in [2.24, 2.45) is 0 Å². The second-order valence-electron chi connectivity index (χ2n) is 5.37. The van der Waals surface area contributed by atoms with Crippen molar-refractivity contribution in [2.45, 2.75) is 25.0 Å². The van der Waals surface area contributed by atoms with E-state index in [1.165, 1.54) is 5.75 Å². The first-order chi connectivity index (χ1) is 10.0. The first-order valence-corrected chi connectivity index (χ1v) is 8.66. The number of nitrogens with one attached hydrogen (secondary N) is 1. The number of rotatable bonds is 5. The molecule has 1 aliphatic heterocycles. The molecule has 1 saturated heterocycles. The second kappa shape index (κ2) is 7.92. The van der Waals surface area contributed by atoms with Gasteiger partial charge in [0.1, 0.15) is 0 Å². The zero-order valence-corrected chi connectivity index (χ0v) is 13.8. The van der Waals surface area contributed by atoms with Crippen LogP contribution in [-0.2, 0) is 4.79 Å². The standard InChI is InChI=1S/C15H22ClN3OS/c1-11-10-19(7-8-21-11)6-2-3-15(20)18-14-9-12(16)4-5-13(14)17/h4-5,9,11H,2-3,6-8,10,17H2,1H3,(H,18,20). The molecule has 0 bridgehead atoms. The van der Waals surface area contributed by atoms with Crippen LogP contribution in [0.4, 0.5) is 11.4 Å². The molecule has 1 aromatic carbocycles. The fourth-order valence-corrected chi connectivity index (χ4v) is 3.66. The van der Waals surface area contributed by atoms with E-state index in [4.69, 9.17) is 17.3 Å². The van der Waals surface area contributed by atoms with Crippen LogP contribution in [0.5, 0.6) is 0 Å². The molecule has 116 valence electrons. The lowest BCUT2D eigenvalue weighted by Gasteiger charge is -2.30. The molecule has 0 saturated carbocycles. The normalized spacial score (nSPS) is 19.4. The first-order valence-electron chi connectivity index (χ1n) is 7.23. The number of thioether (sulfide) groups is 1. The number of carbonyl (C=O) groups excluding carboxylic acids is 1. The van der Waals surface area contributed by atoms with Crippen molar-refractivity contribution in [3.63, 3.8) is 0 Å². The van der Waals surface area contributed by atoms with Gasteiger partial charge in [-0.1, -0.05) is 18.5 Å². The SMILES string of the molecule is CC1CN(CCCC(=O)Nc2cc(Cl)ccc2N)CCS1. The van der Waals surface area contributed by atoms with Crippen LogP contribution in [0.2, 0.25) is 5.02 Å². The Morgan fingerprint density at radius 2 is 2.38 bits per heavy atom. The monoisotopic (exact) mass is 327 g/mol. The summed E-state index contributed by atoms with van der Waals surface area (Å²) in [5.41, 5.74) is 6.94. The average Bonchev–Trinajstić information content (AvgIpc) is 2.43. The Bertz CT molecular complexity index is 498. The molecule has 0 spiro atoms. The van der Waals surface area contributed by atoms with Gasteiger partial charge in [0.25, 0.3) is 0 Å². The predicted molar refractivity (Wildman–Crippen MR) is 92.1 cm³/mol. The highest BCUT2D eigenvalue weighted by atomic mass is 35.5. The Morgan fingerprint density at radius 1 is 1.57 bits per heavy atom. The maximum absolute atomic E-state index is 11.9. The summed E-state index contributed by atoms with van der Waals surface area (Å²) in [4.78, 5) is 14.4. The van der Waals surface area contributed by atoms with E-state index in [1.807, 2.05) is 11.8 Å². The Morgan fingerprint density at radius 3 is 3.14 bits per heavy atom. The maximum Gasteiger partial charge on any atom is 0.224 e. The van der Waals surface area contributed by atoms with E-state index in [-0.39, 0.29) is 5.91 Å². The van der Waals surface area contributed by atoms with Crippen LogP contribution in [0.1, 0.15) is 19.8 Å². The Hall–Kier alpha value is -0.910. The van der Waals surface area contributed by atoms with Crippen LogP contribution >= 0.6 is 23.4 Å². The molecule has 6 heteroatoms. The smallest absolute Gasteiger partial charge is 0.224 e. The van der Waals surface area contributed by atoms with Gasteiger partial charge in [0, 0.05) is 35.5 Å². The van der Waals surface area contributed by atoms with Gasteiger partial charge in [0.15, 0.2) is 0 Å². The van der Waals surface area contributed by atoms with Crippen LogP contribution in [-0.4, -0.2) is 41.4 Å². The van der Waals surface area contributed by atoms with E-state index < -0.39 is 0 Å². The van der Waals surface area contributed by atoms with Crippen LogP contribution in [0.15, 0.2) is 18.2 Å². The number of carbonyl (C=O) groups is 1. The highest BCUT2D eigenvalue weighted by Gasteiger charge is 2.16. The number of hydrogen-bond donors (Lipinski definition) is 2. The lowest BCUT2D eigenvalue weighted by Crippen LogP contribution is -2.37. The number of hydrogen-bond acceptors (Lipinski definition) is 4. The number of anilines is 2. The molecule has 21 heavy (non-hydrogen) atoms. The summed E-state index contributed by atoms with van der Waals surface area (Å²) in [7, 11) is 0. The van der Waals surface area contributed by atoms with Crippen molar-refractivity contribution in [3.05, 3.63) is 23.2 Å². The van der Waals surface area contributed by atoms with Gasteiger partial charge in [-0.05, 0) is 31.2 Å². The summed E-state index contributed by atoms with van der Waals surface area (Å²) >= 11 is 7.92.